The van der Waals surface area contributed by atoms with Crippen LogP contribution in [0.5, 0.6) is 5.75 Å². The zero-order chi connectivity index (χ0) is 31.3. The van der Waals surface area contributed by atoms with Crippen LogP contribution in [0, 0.1) is 5.92 Å². The summed E-state index contributed by atoms with van der Waals surface area (Å²) in [6, 6.07) is 6.61. The first kappa shape index (κ1) is 34.5. The molecule has 1 aromatic carbocycles. The first-order valence-electron chi connectivity index (χ1n) is 13.6. The molecule has 6 N–H and O–H groups in total. The highest BCUT2D eigenvalue weighted by Crippen LogP contribution is 2.33. The van der Waals surface area contributed by atoms with Gasteiger partial charge in [0.2, 0.25) is 12.3 Å². The number of rotatable bonds is 18. The summed E-state index contributed by atoms with van der Waals surface area (Å²) < 4.78 is 22.3. The van der Waals surface area contributed by atoms with E-state index in [4.69, 9.17) is 18.9 Å². The van der Waals surface area contributed by atoms with Crippen molar-refractivity contribution in [2.75, 3.05) is 19.6 Å². The lowest BCUT2D eigenvalue weighted by Crippen LogP contribution is -2.47. The zero-order valence-corrected chi connectivity index (χ0v) is 24.8. The Balaban J connectivity index is 2.11. The molecule has 42 heavy (non-hydrogen) atoms. The van der Waals surface area contributed by atoms with Crippen LogP contribution in [0.15, 0.2) is 34.7 Å². The van der Waals surface area contributed by atoms with Crippen molar-refractivity contribution in [3.05, 3.63) is 41.7 Å². The summed E-state index contributed by atoms with van der Waals surface area (Å²) in [5.41, 5.74) is 0.434. The number of benzene rings is 1. The third-order valence-corrected chi connectivity index (χ3v) is 6.91. The number of carbonyl (C=O) groups excluding carboxylic acids is 4. The number of carbonyl (C=O) groups is 4. The Hall–Kier alpha value is -3.71. The molecule has 2 aromatic rings. The van der Waals surface area contributed by atoms with E-state index in [-0.39, 0.29) is 36.8 Å². The first-order chi connectivity index (χ1) is 19.9. The molecule has 0 bridgehead atoms. The normalized spacial score (nSPS) is 12.6. The molecule has 0 fully saturated rings. The zero-order valence-electron chi connectivity index (χ0n) is 23.9. The molecule has 2 atom stereocenters. The topological polar surface area (TPSA) is 208 Å². The summed E-state index contributed by atoms with van der Waals surface area (Å²) in [6.45, 7) is 5.58. The van der Waals surface area contributed by atoms with Gasteiger partial charge in [-0.3, -0.25) is 29.0 Å². The molecule has 0 unspecified atom stereocenters. The lowest BCUT2D eigenvalue weighted by molar-refractivity contribution is -0.168. The average molecular weight is 611 g/mol. The molecular weight excluding hydrogens is 571 g/mol. The Morgan fingerprint density at radius 1 is 1.05 bits per heavy atom. The van der Waals surface area contributed by atoms with Crippen molar-refractivity contribution < 1.29 is 47.9 Å². The van der Waals surface area contributed by atoms with Crippen molar-refractivity contribution in [2.45, 2.75) is 58.9 Å². The Labute approximate surface area is 243 Å². The van der Waals surface area contributed by atoms with Gasteiger partial charge in [-0.25, -0.2) is 5.06 Å². The van der Waals surface area contributed by atoms with Gasteiger partial charge in [0.25, 0.3) is 11.8 Å². The molecule has 0 aliphatic rings. The molecule has 4 amide bonds. The molecular formula is C27H39N4O10P. The van der Waals surface area contributed by atoms with E-state index in [1.165, 1.54) is 24.3 Å². The first-order valence-corrected chi connectivity index (χ1v) is 15.4. The molecule has 232 valence electrons. The molecule has 0 aliphatic carbocycles. The number of unbranched alkanes of at least 4 members (excludes halogenated alkanes) is 2. The fourth-order valence-electron chi connectivity index (χ4n) is 4.29. The molecule has 1 heterocycles. The number of hydroxylamine groups is 2. The second kappa shape index (κ2) is 16.7. The van der Waals surface area contributed by atoms with Crippen LogP contribution in [0.2, 0.25) is 0 Å². The second-order valence-corrected chi connectivity index (χ2v) is 11.1. The Morgan fingerprint density at radius 3 is 2.40 bits per heavy atom. The van der Waals surface area contributed by atoms with E-state index in [0.717, 1.165) is 19.3 Å². The third kappa shape index (κ3) is 10.6. The van der Waals surface area contributed by atoms with E-state index in [1.807, 2.05) is 6.92 Å². The minimum Gasteiger partial charge on any atom is -0.494 e. The molecule has 0 radical (unpaired) electrons. The molecule has 0 aliphatic heterocycles. The fourth-order valence-corrected chi connectivity index (χ4v) is 4.64. The van der Waals surface area contributed by atoms with Gasteiger partial charge >= 0.3 is 7.60 Å². The molecule has 1 aromatic heterocycles. The molecule has 0 saturated carbocycles. The number of furan rings is 1. The van der Waals surface area contributed by atoms with Gasteiger partial charge in [-0.1, -0.05) is 33.1 Å². The van der Waals surface area contributed by atoms with Crippen molar-refractivity contribution in [3.63, 3.8) is 0 Å². The minimum absolute atomic E-state index is 0.0596. The SMILES string of the molecule is CCCCC[C@@H](C(=O)NCNC(=O)c1ccc(-c2cc(OCC)cc(C(=O)NCP(=O)(O)O)c2)o1)[C@@H](CC)N(O)C=O. The predicted octanol–water partition coefficient (Wildman–Crippen LogP) is 2.84. The summed E-state index contributed by atoms with van der Waals surface area (Å²) >= 11 is 0. The van der Waals surface area contributed by atoms with E-state index in [1.54, 1.807) is 19.9 Å². The van der Waals surface area contributed by atoms with Crippen molar-refractivity contribution in [3.8, 4) is 17.1 Å². The van der Waals surface area contributed by atoms with Gasteiger partial charge in [0, 0.05) is 11.1 Å². The number of ether oxygens (including phenoxy) is 1. The number of nitrogens with one attached hydrogen (secondary N) is 3. The lowest BCUT2D eigenvalue weighted by Gasteiger charge is -2.29. The van der Waals surface area contributed by atoms with Crippen molar-refractivity contribution in [1.29, 1.82) is 0 Å². The minimum atomic E-state index is -4.46. The van der Waals surface area contributed by atoms with Crippen LogP contribution in [-0.2, 0) is 14.2 Å². The summed E-state index contributed by atoms with van der Waals surface area (Å²) in [5.74, 6) is -2.02. The van der Waals surface area contributed by atoms with Gasteiger partial charge < -0.3 is 34.9 Å². The highest BCUT2D eigenvalue weighted by molar-refractivity contribution is 7.51. The van der Waals surface area contributed by atoms with E-state index in [9.17, 15) is 29.0 Å². The van der Waals surface area contributed by atoms with Gasteiger partial charge in [-0.05, 0) is 50.1 Å². The van der Waals surface area contributed by atoms with Gasteiger partial charge in [-0.2, -0.15) is 0 Å². The number of hydrogen-bond donors (Lipinski definition) is 6. The predicted molar refractivity (Wildman–Crippen MR) is 152 cm³/mol. The summed E-state index contributed by atoms with van der Waals surface area (Å²) in [6.07, 6.45) is 2.80. The molecule has 14 nitrogen and oxygen atoms in total. The summed E-state index contributed by atoms with van der Waals surface area (Å²) in [5, 5.41) is 17.8. The van der Waals surface area contributed by atoms with E-state index < -0.39 is 43.6 Å². The van der Waals surface area contributed by atoms with Gasteiger partial charge in [0.1, 0.15) is 17.8 Å². The fraction of sp³-hybridized carbons (Fsp3) is 0.481. The smallest absolute Gasteiger partial charge is 0.344 e. The van der Waals surface area contributed by atoms with Crippen LogP contribution >= 0.6 is 7.60 Å². The standard InChI is InChI=1S/C27H39N4O10P/c1-4-7-8-9-21(22(5-2)31(36)17-32)26(34)28-15-29-27(35)24-11-10-23(41-24)18-12-19(14-20(13-18)40-6-3)25(33)30-16-42(37,38)39/h10-14,17,21-22,36H,4-9,15-16H2,1-3H3,(H,28,34)(H,29,35)(H,30,33)(H2,37,38,39)/t21-,22-/m1/s1. The van der Waals surface area contributed by atoms with Crippen LogP contribution in [0.3, 0.4) is 0 Å². The Kier molecular flexibility index (Phi) is 13.7. The quantitative estimate of drug-likeness (QED) is 0.0363. The monoisotopic (exact) mass is 610 g/mol. The average Bonchev–Trinajstić information content (AvgIpc) is 3.45. The summed E-state index contributed by atoms with van der Waals surface area (Å²) in [4.78, 5) is 67.3. The molecule has 0 spiro atoms. The van der Waals surface area contributed by atoms with Gasteiger partial charge in [0.15, 0.2) is 5.76 Å². The largest absolute Gasteiger partial charge is 0.494 e. The maximum absolute atomic E-state index is 12.9. The number of nitrogens with zero attached hydrogens (tertiary/aromatic N) is 1. The lowest BCUT2D eigenvalue weighted by atomic mass is 9.90. The van der Waals surface area contributed by atoms with Gasteiger partial charge in [0.05, 0.1) is 25.2 Å². The van der Waals surface area contributed by atoms with Crippen molar-refractivity contribution in [1.82, 2.24) is 21.0 Å². The molecule has 2 rings (SSSR count). The number of hydrogen-bond acceptors (Lipinski definition) is 8. The van der Waals surface area contributed by atoms with Crippen molar-refractivity contribution >= 4 is 31.7 Å². The van der Waals surface area contributed by atoms with Crippen LogP contribution in [-0.4, -0.2) is 69.8 Å². The highest BCUT2D eigenvalue weighted by Gasteiger charge is 2.30. The van der Waals surface area contributed by atoms with Crippen molar-refractivity contribution in [2.24, 2.45) is 5.92 Å². The summed E-state index contributed by atoms with van der Waals surface area (Å²) in [7, 11) is -4.46. The highest BCUT2D eigenvalue weighted by atomic mass is 31.2. The maximum atomic E-state index is 12.9. The number of amides is 4. The molecule has 0 saturated heterocycles. The van der Waals surface area contributed by atoms with E-state index in [2.05, 4.69) is 16.0 Å². The van der Waals surface area contributed by atoms with E-state index in [0.29, 0.717) is 29.2 Å². The Morgan fingerprint density at radius 2 is 1.79 bits per heavy atom. The van der Waals surface area contributed by atoms with E-state index >= 15 is 0 Å². The van der Waals surface area contributed by atoms with Gasteiger partial charge in [-0.15, -0.1) is 0 Å². The maximum Gasteiger partial charge on any atom is 0.344 e. The second-order valence-electron chi connectivity index (χ2n) is 9.46. The van der Waals surface area contributed by atoms with Crippen LogP contribution in [0.25, 0.3) is 11.3 Å². The van der Waals surface area contributed by atoms with Crippen LogP contribution in [0.4, 0.5) is 0 Å². The van der Waals surface area contributed by atoms with Crippen LogP contribution < -0.4 is 20.7 Å². The van der Waals surface area contributed by atoms with Crippen LogP contribution in [0.1, 0.15) is 73.8 Å². The Bertz CT molecular complexity index is 1260. The third-order valence-electron chi connectivity index (χ3n) is 6.34. The molecule has 15 heteroatoms.